The second kappa shape index (κ2) is 10.7. The molecule has 0 aliphatic rings. The highest BCUT2D eigenvalue weighted by molar-refractivity contribution is 5.69. The van der Waals surface area contributed by atoms with Gasteiger partial charge in [-0.25, -0.2) is 0 Å². The van der Waals surface area contributed by atoms with Gasteiger partial charge >= 0.3 is 5.97 Å². The molecule has 4 nitrogen and oxygen atoms in total. The SMILES string of the molecule is CC(C)(C)OC(=O)CCCCCCCCCCC(=O)[O-]. The van der Waals surface area contributed by atoms with E-state index in [1.807, 2.05) is 20.8 Å². The van der Waals surface area contributed by atoms with Crippen LogP contribution in [0.5, 0.6) is 0 Å². The molecule has 0 amide bonds. The normalized spacial score (nSPS) is 11.3. The summed E-state index contributed by atoms with van der Waals surface area (Å²) in [6.07, 6.45) is 8.81. The van der Waals surface area contributed by atoms with E-state index in [-0.39, 0.29) is 18.0 Å². The summed E-state index contributed by atoms with van der Waals surface area (Å²) >= 11 is 0. The van der Waals surface area contributed by atoms with Gasteiger partial charge in [0, 0.05) is 12.4 Å². The molecule has 0 spiro atoms. The Hall–Kier alpha value is -1.06. The Morgan fingerprint density at radius 3 is 1.60 bits per heavy atom. The molecule has 0 saturated carbocycles. The summed E-state index contributed by atoms with van der Waals surface area (Å²) in [5.74, 6) is -1.06. The van der Waals surface area contributed by atoms with Gasteiger partial charge < -0.3 is 14.6 Å². The molecular weight excluding hydrogens is 256 g/mol. The van der Waals surface area contributed by atoms with Crippen LogP contribution in [0.3, 0.4) is 0 Å². The first-order valence-electron chi connectivity index (χ1n) is 7.73. The molecule has 118 valence electrons. The number of carbonyl (C=O) groups excluding carboxylic acids is 2. The number of esters is 1. The number of hydrogen-bond acceptors (Lipinski definition) is 4. The van der Waals surface area contributed by atoms with E-state index >= 15 is 0 Å². The Kier molecular flexibility index (Phi) is 10.1. The van der Waals surface area contributed by atoms with Crippen molar-refractivity contribution >= 4 is 11.9 Å². The number of unbranched alkanes of at least 4 members (excludes halogenated alkanes) is 7. The summed E-state index contributed by atoms with van der Waals surface area (Å²) in [7, 11) is 0. The van der Waals surface area contributed by atoms with Gasteiger partial charge in [0.05, 0.1) is 0 Å². The van der Waals surface area contributed by atoms with Crippen molar-refractivity contribution in [3.63, 3.8) is 0 Å². The fraction of sp³-hybridized carbons (Fsp3) is 0.875. The maximum absolute atomic E-state index is 11.4. The van der Waals surface area contributed by atoms with E-state index in [0.717, 1.165) is 51.4 Å². The van der Waals surface area contributed by atoms with Gasteiger partial charge in [-0.05, 0) is 40.0 Å². The van der Waals surface area contributed by atoms with Crippen molar-refractivity contribution in [1.29, 1.82) is 0 Å². The van der Waals surface area contributed by atoms with Crippen LogP contribution in [0.2, 0.25) is 0 Å². The molecule has 0 aliphatic heterocycles. The van der Waals surface area contributed by atoms with Crippen molar-refractivity contribution < 1.29 is 19.4 Å². The zero-order valence-electron chi connectivity index (χ0n) is 13.2. The lowest BCUT2D eigenvalue weighted by molar-refractivity contribution is -0.305. The van der Waals surface area contributed by atoms with Gasteiger partial charge in [-0.1, -0.05) is 38.5 Å². The minimum atomic E-state index is -0.952. The number of rotatable bonds is 11. The highest BCUT2D eigenvalue weighted by atomic mass is 16.6. The van der Waals surface area contributed by atoms with Gasteiger partial charge in [-0.3, -0.25) is 4.79 Å². The van der Waals surface area contributed by atoms with Crippen LogP contribution >= 0.6 is 0 Å². The molecule has 0 unspecified atom stereocenters. The van der Waals surface area contributed by atoms with Crippen LogP contribution in [0.15, 0.2) is 0 Å². The zero-order valence-corrected chi connectivity index (χ0v) is 13.2. The average Bonchev–Trinajstić information content (AvgIpc) is 2.28. The molecule has 0 radical (unpaired) electrons. The molecular formula is C16H29O4-. The van der Waals surface area contributed by atoms with E-state index in [9.17, 15) is 14.7 Å². The minimum absolute atomic E-state index is 0.111. The van der Waals surface area contributed by atoms with Crippen LogP contribution in [-0.2, 0) is 14.3 Å². The van der Waals surface area contributed by atoms with Gasteiger partial charge in [0.15, 0.2) is 0 Å². The molecule has 0 N–H and O–H groups in total. The average molecular weight is 285 g/mol. The van der Waals surface area contributed by atoms with E-state index in [1.165, 1.54) is 0 Å². The first-order valence-corrected chi connectivity index (χ1v) is 7.73. The van der Waals surface area contributed by atoms with Crippen LogP contribution in [-0.4, -0.2) is 17.5 Å². The Morgan fingerprint density at radius 2 is 1.20 bits per heavy atom. The lowest BCUT2D eigenvalue weighted by Gasteiger charge is -2.19. The third-order valence-electron chi connectivity index (χ3n) is 2.93. The number of aliphatic carboxylic acids is 1. The summed E-state index contributed by atoms with van der Waals surface area (Å²) in [5.41, 5.74) is -0.386. The van der Waals surface area contributed by atoms with Crippen molar-refractivity contribution in [2.75, 3.05) is 0 Å². The predicted molar refractivity (Wildman–Crippen MR) is 77.0 cm³/mol. The van der Waals surface area contributed by atoms with Crippen LogP contribution in [0.4, 0.5) is 0 Å². The largest absolute Gasteiger partial charge is 0.550 e. The standard InChI is InChI=1S/C16H30O4/c1-16(2,3)20-15(19)13-11-9-7-5-4-6-8-10-12-14(17)18/h4-13H2,1-3H3,(H,17,18)/p-1. The quantitative estimate of drug-likeness (QED) is 0.432. The number of hydrogen-bond donors (Lipinski definition) is 0. The van der Waals surface area contributed by atoms with E-state index in [2.05, 4.69) is 0 Å². The van der Waals surface area contributed by atoms with E-state index in [4.69, 9.17) is 4.74 Å². The van der Waals surface area contributed by atoms with Crippen LogP contribution in [0.1, 0.15) is 85.0 Å². The second-order valence-corrected chi connectivity index (χ2v) is 6.29. The third kappa shape index (κ3) is 15.0. The second-order valence-electron chi connectivity index (χ2n) is 6.29. The van der Waals surface area contributed by atoms with Crippen LogP contribution < -0.4 is 5.11 Å². The molecule has 0 saturated heterocycles. The monoisotopic (exact) mass is 285 g/mol. The predicted octanol–water partition coefficient (Wildman–Crippen LogP) is 2.98. The summed E-state index contributed by atoms with van der Waals surface area (Å²) < 4.78 is 5.24. The van der Waals surface area contributed by atoms with E-state index < -0.39 is 5.97 Å². The highest BCUT2D eigenvalue weighted by Crippen LogP contribution is 2.13. The van der Waals surface area contributed by atoms with E-state index in [0.29, 0.717) is 6.42 Å². The minimum Gasteiger partial charge on any atom is -0.550 e. The molecule has 0 atom stereocenters. The first kappa shape index (κ1) is 18.9. The third-order valence-corrected chi connectivity index (χ3v) is 2.93. The van der Waals surface area contributed by atoms with Gasteiger partial charge in [0.2, 0.25) is 0 Å². The number of carboxylic acids is 1. The summed E-state index contributed by atoms with van der Waals surface area (Å²) in [4.78, 5) is 21.6. The summed E-state index contributed by atoms with van der Waals surface area (Å²) in [6, 6.07) is 0. The Balaban J connectivity index is 3.25. The molecule has 0 aliphatic carbocycles. The molecule has 0 aromatic heterocycles. The molecule has 0 rings (SSSR count). The number of ether oxygens (including phenoxy) is 1. The lowest BCUT2D eigenvalue weighted by atomic mass is 10.1. The number of carbonyl (C=O) groups is 2. The molecule has 0 bridgehead atoms. The molecule has 0 aromatic rings. The van der Waals surface area contributed by atoms with Crippen molar-refractivity contribution in [2.24, 2.45) is 0 Å². The van der Waals surface area contributed by atoms with Crippen LogP contribution in [0.25, 0.3) is 0 Å². The molecule has 0 heterocycles. The van der Waals surface area contributed by atoms with Crippen molar-refractivity contribution in [3.8, 4) is 0 Å². The van der Waals surface area contributed by atoms with Crippen molar-refractivity contribution in [3.05, 3.63) is 0 Å². The van der Waals surface area contributed by atoms with Gasteiger partial charge in [-0.15, -0.1) is 0 Å². The lowest BCUT2D eigenvalue weighted by Crippen LogP contribution is -2.23. The molecule has 4 heteroatoms. The Labute approximate surface area is 122 Å². The van der Waals surface area contributed by atoms with Crippen LogP contribution in [0, 0.1) is 0 Å². The summed E-state index contributed by atoms with van der Waals surface area (Å²) in [6.45, 7) is 5.64. The molecule has 0 aromatic carbocycles. The van der Waals surface area contributed by atoms with Gasteiger partial charge in [-0.2, -0.15) is 0 Å². The summed E-state index contributed by atoms with van der Waals surface area (Å²) in [5, 5.41) is 10.2. The van der Waals surface area contributed by atoms with Crippen molar-refractivity contribution in [1.82, 2.24) is 0 Å². The highest BCUT2D eigenvalue weighted by Gasteiger charge is 2.15. The van der Waals surface area contributed by atoms with E-state index in [1.54, 1.807) is 0 Å². The fourth-order valence-electron chi connectivity index (χ4n) is 1.99. The first-order chi connectivity index (χ1) is 9.31. The maximum atomic E-state index is 11.4. The Bertz CT molecular complexity index is 279. The van der Waals surface area contributed by atoms with Crippen molar-refractivity contribution in [2.45, 2.75) is 90.6 Å². The maximum Gasteiger partial charge on any atom is 0.306 e. The molecule has 0 fully saturated rings. The topological polar surface area (TPSA) is 66.4 Å². The zero-order chi connectivity index (χ0) is 15.4. The van der Waals surface area contributed by atoms with Gasteiger partial charge in [0.25, 0.3) is 0 Å². The fourth-order valence-corrected chi connectivity index (χ4v) is 1.99. The van der Waals surface area contributed by atoms with Gasteiger partial charge in [0.1, 0.15) is 5.60 Å². The smallest absolute Gasteiger partial charge is 0.306 e. The Morgan fingerprint density at radius 1 is 0.800 bits per heavy atom. The molecule has 20 heavy (non-hydrogen) atoms. The number of carboxylic acid groups (broad SMARTS) is 1.